The van der Waals surface area contributed by atoms with E-state index in [0.29, 0.717) is 6.54 Å². The zero-order chi connectivity index (χ0) is 13.0. The highest BCUT2D eigenvalue weighted by molar-refractivity contribution is 9.10. The van der Waals surface area contributed by atoms with Gasteiger partial charge in [0, 0.05) is 16.0 Å². The van der Waals surface area contributed by atoms with E-state index in [1.807, 2.05) is 18.2 Å². The van der Waals surface area contributed by atoms with Crippen LogP contribution in [0.4, 0.5) is 0 Å². The van der Waals surface area contributed by atoms with Gasteiger partial charge >= 0.3 is 0 Å². The Morgan fingerprint density at radius 2 is 2.32 bits per heavy atom. The third-order valence-electron chi connectivity index (χ3n) is 3.08. The lowest BCUT2D eigenvalue weighted by Gasteiger charge is -2.11. The molecule has 0 saturated carbocycles. The van der Waals surface area contributed by atoms with Gasteiger partial charge in [-0.3, -0.25) is 4.79 Å². The average Bonchev–Trinajstić information content (AvgIpc) is 2.87. The van der Waals surface area contributed by atoms with Crippen molar-refractivity contribution < 1.29 is 4.79 Å². The van der Waals surface area contributed by atoms with E-state index in [9.17, 15) is 4.79 Å². The summed E-state index contributed by atoms with van der Waals surface area (Å²) >= 11 is 9.42. The second-order valence-electron chi connectivity index (χ2n) is 4.43. The molecule has 1 aromatic rings. The first-order chi connectivity index (χ1) is 8.66. The number of rotatable bonds is 4. The lowest BCUT2D eigenvalue weighted by Crippen LogP contribution is -2.41. The number of hydrogen-bond acceptors (Lipinski definition) is 2. The van der Waals surface area contributed by atoms with Gasteiger partial charge in [0.25, 0.3) is 0 Å². The van der Waals surface area contributed by atoms with Crippen molar-refractivity contribution in [2.45, 2.75) is 25.3 Å². The molecule has 1 aliphatic rings. The Bertz CT molecular complexity index is 437. The molecule has 0 bridgehead atoms. The minimum atomic E-state index is -0.00666. The fourth-order valence-corrected chi connectivity index (χ4v) is 2.73. The molecule has 0 spiro atoms. The number of amides is 1. The van der Waals surface area contributed by atoms with Gasteiger partial charge in [-0.15, -0.1) is 12.4 Å². The van der Waals surface area contributed by atoms with E-state index in [4.69, 9.17) is 11.6 Å². The Morgan fingerprint density at radius 1 is 1.53 bits per heavy atom. The van der Waals surface area contributed by atoms with Crippen molar-refractivity contribution in [3.8, 4) is 0 Å². The van der Waals surface area contributed by atoms with Gasteiger partial charge in [-0.1, -0.05) is 27.5 Å². The Labute approximate surface area is 133 Å². The Kier molecular flexibility index (Phi) is 7.15. The number of carbonyl (C=O) groups is 1. The van der Waals surface area contributed by atoms with Crippen molar-refractivity contribution in [1.29, 1.82) is 0 Å². The predicted molar refractivity (Wildman–Crippen MR) is 84.1 cm³/mol. The van der Waals surface area contributed by atoms with Crippen LogP contribution in [0.15, 0.2) is 22.7 Å². The van der Waals surface area contributed by atoms with E-state index >= 15 is 0 Å². The number of halogens is 3. The smallest absolute Gasteiger partial charge is 0.237 e. The van der Waals surface area contributed by atoms with Crippen LogP contribution in [0.5, 0.6) is 0 Å². The van der Waals surface area contributed by atoms with E-state index in [-0.39, 0.29) is 24.4 Å². The third kappa shape index (κ3) is 4.95. The van der Waals surface area contributed by atoms with Crippen molar-refractivity contribution in [1.82, 2.24) is 10.6 Å². The summed E-state index contributed by atoms with van der Waals surface area (Å²) < 4.78 is 1.03. The first-order valence-electron chi connectivity index (χ1n) is 6.12. The van der Waals surface area contributed by atoms with Crippen LogP contribution in [0.2, 0.25) is 5.02 Å². The van der Waals surface area contributed by atoms with Crippen LogP contribution in [0, 0.1) is 0 Å². The van der Waals surface area contributed by atoms with Crippen LogP contribution in [0.1, 0.15) is 18.4 Å². The van der Waals surface area contributed by atoms with Crippen molar-refractivity contribution in [3.05, 3.63) is 33.3 Å². The maximum Gasteiger partial charge on any atom is 0.237 e. The number of nitrogens with one attached hydrogen (secondary N) is 2. The van der Waals surface area contributed by atoms with Crippen LogP contribution >= 0.6 is 39.9 Å². The summed E-state index contributed by atoms with van der Waals surface area (Å²) in [6, 6.07) is 5.69. The summed E-state index contributed by atoms with van der Waals surface area (Å²) in [6.45, 7) is 1.58. The van der Waals surface area contributed by atoms with Gasteiger partial charge in [0.05, 0.1) is 6.04 Å². The molecule has 19 heavy (non-hydrogen) atoms. The molecule has 1 aliphatic heterocycles. The summed E-state index contributed by atoms with van der Waals surface area (Å²) in [7, 11) is 0. The molecule has 1 fully saturated rings. The minimum absolute atomic E-state index is 0. The Morgan fingerprint density at radius 3 is 3.00 bits per heavy atom. The average molecular weight is 368 g/mol. The summed E-state index contributed by atoms with van der Waals surface area (Å²) in [4.78, 5) is 11.8. The second kappa shape index (κ2) is 8.10. The lowest BCUT2D eigenvalue weighted by molar-refractivity contribution is -0.122. The molecule has 0 aliphatic carbocycles. The van der Waals surface area contributed by atoms with Crippen LogP contribution in [-0.4, -0.2) is 25.0 Å². The fourth-order valence-electron chi connectivity index (χ4n) is 2.09. The SMILES string of the molecule is Cl.O=C(NCCc1cc(Cl)ccc1Br)C1CCCN1. The molecular formula is C13H17BrCl2N2O. The highest BCUT2D eigenvalue weighted by Gasteiger charge is 2.21. The molecule has 1 atom stereocenters. The Balaban J connectivity index is 0.00000180. The monoisotopic (exact) mass is 366 g/mol. The van der Waals surface area contributed by atoms with Crippen molar-refractivity contribution in [2.24, 2.45) is 0 Å². The van der Waals surface area contributed by atoms with Crippen LogP contribution in [0.25, 0.3) is 0 Å². The topological polar surface area (TPSA) is 41.1 Å². The van der Waals surface area contributed by atoms with E-state index in [2.05, 4.69) is 26.6 Å². The molecule has 1 amide bonds. The molecule has 1 heterocycles. The van der Waals surface area contributed by atoms with Crippen LogP contribution < -0.4 is 10.6 Å². The van der Waals surface area contributed by atoms with Crippen LogP contribution in [-0.2, 0) is 11.2 Å². The molecule has 2 N–H and O–H groups in total. The first-order valence-corrected chi connectivity index (χ1v) is 7.29. The van der Waals surface area contributed by atoms with Gasteiger partial charge in [0.15, 0.2) is 0 Å². The normalized spacial score (nSPS) is 17.9. The van der Waals surface area contributed by atoms with Gasteiger partial charge in [-0.25, -0.2) is 0 Å². The lowest BCUT2D eigenvalue weighted by atomic mass is 10.1. The van der Waals surface area contributed by atoms with E-state index < -0.39 is 0 Å². The maximum absolute atomic E-state index is 11.8. The molecule has 6 heteroatoms. The predicted octanol–water partition coefficient (Wildman–Crippen LogP) is 2.94. The number of benzene rings is 1. The molecule has 1 aromatic carbocycles. The summed E-state index contributed by atoms with van der Waals surface area (Å²) in [5, 5.41) is 6.86. The van der Waals surface area contributed by atoms with Crippen LogP contribution in [0.3, 0.4) is 0 Å². The summed E-state index contributed by atoms with van der Waals surface area (Å²) in [5.41, 5.74) is 1.11. The molecule has 3 nitrogen and oxygen atoms in total. The van der Waals surface area contributed by atoms with Gasteiger partial charge in [0.2, 0.25) is 5.91 Å². The van der Waals surface area contributed by atoms with Gasteiger partial charge < -0.3 is 10.6 Å². The van der Waals surface area contributed by atoms with E-state index in [1.165, 1.54) is 0 Å². The Hall–Kier alpha value is -0.290. The zero-order valence-corrected chi connectivity index (χ0v) is 13.6. The number of carbonyl (C=O) groups excluding carboxylic acids is 1. The van der Waals surface area contributed by atoms with Crippen molar-refractivity contribution in [3.63, 3.8) is 0 Å². The highest BCUT2D eigenvalue weighted by Crippen LogP contribution is 2.21. The molecular weight excluding hydrogens is 351 g/mol. The highest BCUT2D eigenvalue weighted by atomic mass is 79.9. The largest absolute Gasteiger partial charge is 0.354 e. The first kappa shape index (κ1) is 16.8. The maximum atomic E-state index is 11.8. The summed E-state index contributed by atoms with van der Waals surface area (Å²) in [5.74, 6) is 0.102. The van der Waals surface area contributed by atoms with E-state index in [0.717, 1.165) is 40.9 Å². The van der Waals surface area contributed by atoms with Crippen molar-refractivity contribution >= 4 is 45.8 Å². The molecule has 0 aromatic heterocycles. The molecule has 0 radical (unpaired) electrons. The molecule has 106 valence electrons. The van der Waals surface area contributed by atoms with Gasteiger partial charge in [0.1, 0.15) is 0 Å². The fraction of sp³-hybridized carbons (Fsp3) is 0.462. The second-order valence-corrected chi connectivity index (χ2v) is 5.72. The quantitative estimate of drug-likeness (QED) is 0.858. The molecule has 2 rings (SSSR count). The zero-order valence-electron chi connectivity index (χ0n) is 10.4. The van der Waals surface area contributed by atoms with Crippen molar-refractivity contribution in [2.75, 3.05) is 13.1 Å². The van der Waals surface area contributed by atoms with E-state index in [1.54, 1.807) is 0 Å². The summed E-state index contributed by atoms with van der Waals surface area (Å²) in [6.07, 6.45) is 2.80. The van der Waals surface area contributed by atoms with Gasteiger partial charge in [-0.05, 0) is 49.6 Å². The third-order valence-corrected chi connectivity index (χ3v) is 4.09. The van der Waals surface area contributed by atoms with Gasteiger partial charge in [-0.2, -0.15) is 0 Å². The number of hydrogen-bond donors (Lipinski definition) is 2. The minimum Gasteiger partial charge on any atom is -0.354 e. The standard InChI is InChI=1S/C13H16BrClN2O.ClH/c14-11-4-3-10(15)8-9(11)5-7-17-13(18)12-2-1-6-16-12;/h3-4,8,12,16H,1-2,5-7H2,(H,17,18);1H. The molecule has 1 saturated heterocycles. The molecule has 1 unspecified atom stereocenters.